The van der Waals surface area contributed by atoms with E-state index in [9.17, 15) is 4.79 Å². The predicted octanol–water partition coefficient (Wildman–Crippen LogP) is 4.61. The number of aromatic nitrogens is 4. The van der Waals surface area contributed by atoms with E-state index in [-0.39, 0.29) is 5.91 Å². The lowest BCUT2D eigenvalue weighted by atomic mass is 10.1. The molecule has 0 saturated heterocycles. The summed E-state index contributed by atoms with van der Waals surface area (Å²) in [6.45, 7) is 2.58. The van der Waals surface area contributed by atoms with Gasteiger partial charge in [-0.3, -0.25) is 9.78 Å². The summed E-state index contributed by atoms with van der Waals surface area (Å²) in [5.41, 5.74) is 3.97. The highest BCUT2D eigenvalue weighted by Gasteiger charge is 2.15. The van der Waals surface area contributed by atoms with Crippen molar-refractivity contribution in [2.45, 2.75) is 13.5 Å². The minimum absolute atomic E-state index is 0.284. The average molecular weight is 395 g/mol. The van der Waals surface area contributed by atoms with E-state index in [0.29, 0.717) is 18.3 Å². The van der Waals surface area contributed by atoms with Gasteiger partial charge in [0, 0.05) is 30.6 Å². The molecule has 2 heterocycles. The van der Waals surface area contributed by atoms with E-state index >= 15 is 0 Å². The smallest absolute Gasteiger partial charge is 0.274 e. The van der Waals surface area contributed by atoms with Crippen LogP contribution in [0, 0.1) is 6.92 Å². The van der Waals surface area contributed by atoms with Crippen LogP contribution >= 0.6 is 0 Å². The van der Waals surface area contributed by atoms with Crippen molar-refractivity contribution in [1.29, 1.82) is 0 Å². The van der Waals surface area contributed by atoms with Crippen LogP contribution in [0.15, 0.2) is 85.2 Å². The Labute approximate surface area is 174 Å². The van der Waals surface area contributed by atoms with Crippen molar-refractivity contribution in [3.63, 3.8) is 0 Å². The van der Waals surface area contributed by atoms with Gasteiger partial charge in [0.05, 0.1) is 0 Å². The van der Waals surface area contributed by atoms with Gasteiger partial charge in [0.15, 0.2) is 5.82 Å². The molecule has 0 spiro atoms. The first-order chi connectivity index (χ1) is 14.7. The number of hydrogen-bond acceptors (Lipinski definition) is 5. The maximum Gasteiger partial charge on any atom is 0.274 e. The molecule has 30 heavy (non-hydrogen) atoms. The van der Waals surface area contributed by atoms with Crippen molar-refractivity contribution >= 4 is 17.9 Å². The first-order valence-corrected chi connectivity index (χ1v) is 9.63. The molecule has 0 atom stereocenters. The molecule has 0 aliphatic rings. The minimum Gasteiger partial charge on any atom is -0.350 e. The average Bonchev–Trinajstić information content (AvgIpc) is 3.23. The summed E-state index contributed by atoms with van der Waals surface area (Å²) >= 11 is 0. The molecule has 0 saturated carbocycles. The Balaban J connectivity index is 1.61. The van der Waals surface area contributed by atoms with Crippen LogP contribution in [0.3, 0.4) is 0 Å². The molecule has 0 unspecified atom stereocenters. The third kappa shape index (κ3) is 4.67. The number of nitrogens with zero attached hydrogens (tertiary/aromatic N) is 4. The molecule has 4 rings (SSSR count). The Morgan fingerprint density at radius 3 is 2.57 bits per heavy atom. The summed E-state index contributed by atoms with van der Waals surface area (Å²) in [5, 5.41) is 7.65. The molecule has 2 aromatic heterocycles. The zero-order valence-corrected chi connectivity index (χ0v) is 16.6. The van der Waals surface area contributed by atoms with Crippen molar-refractivity contribution in [3.8, 4) is 11.4 Å². The maximum atomic E-state index is 12.9. The molecule has 0 amide bonds. The summed E-state index contributed by atoms with van der Waals surface area (Å²) in [6.07, 6.45) is 6.62. The van der Waals surface area contributed by atoms with Crippen molar-refractivity contribution < 1.29 is 4.79 Å². The number of rotatable bonds is 6. The Bertz CT molecular complexity index is 1150. The second-order valence-electron chi connectivity index (χ2n) is 6.83. The van der Waals surface area contributed by atoms with Crippen LogP contribution < -0.4 is 5.32 Å². The van der Waals surface area contributed by atoms with E-state index in [1.165, 1.54) is 16.3 Å². The highest BCUT2D eigenvalue weighted by Crippen LogP contribution is 2.18. The van der Waals surface area contributed by atoms with Gasteiger partial charge in [-0.1, -0.05) is 60.2 Å². The number of aryl methyl sites for hydroxylation is 1. The van der Waals surface area contributed by atoms with Gasteiger partial charge in [0.2, 0.25) is 5.95 Å². The van der Waals surface area contributed by atoms with Crippen LogP contribution in [0.25, 0.3) is 17.5 Å². The fraction of sp³-hybridized carbons (Fsp3) is 0.0833. The minimum atomic E-state index is -0.284. The summed E-state index contributed by atoms with van der Waals surface area (Å²) in [4.78, 5) is 21.5. The predicted molar refractivity (Wildman–Crippen MR) is 118 cm³/mol. The summed E-state index contributed by atoms with van der Waals surface area (Å²) in [7, 11) is 0. The molecule has 0 aliphatic heterocycles. The molecule has 6 heteroatoms. The van der Waals surface area contributed by atoms with Gasteiger partial charge in [0.25, 0.3) is 5.91 Å². The molecule has 6 nitrogen and oxygen atoms in total. The molecule has 4 aromatic rings. The van der Waals surface area contributed by atoms with Crippen molar-refractivity contribution in [1.82, 2.24) is 19.7 Å². The monoisotopic (exact) mass is 395 g/mol. The van der Waals surface area contributed by atoms with Gasteiger partial charge < -0.3 is 5.32 Å². The molecule has 0 bridgehead atoms. The first-order valence-electron chi connectivity index (χ1n) is 9.63. The van der Waals surface area contributed by atoms with Crippen LogP contribution in [0.1, 0.15) is 21.5 Å². The van der Waals surface area contributed by atoms with Crippen molar-refractivity contribution in [3.05, 3.63) is 102 Å². The van der Waals surface area contributed by atoms with Gasteiger partial charge >= 0.3 is 0 Å². The molecular weight excluding hydrogens is 374 g/mol. The second kappa shape index (κ2) is 8.96. The number of carbonyl (C=O) groups excluding carboxylic acids is 1. The van der Waals surface area contributed by atoms with Gasteiger partial charge in [-0.15, -0.1) is 5.10 Å². The van der Waals surface area contributed by atoms with Crippen molar-refractivity contribution in [2.24, 2.45) is 0 Å². The lowest BCUT2D eigenvalue weighted by Crippen LogP contribution is -2.14. The quantitative estimate of drug-likeness (QED) is 0.483. The van der Waals surface area contributed by atoms with Crippen LogP contribution in [0.5, 0.6) is 0 Å². The number of nitrogens with one attached hydrogen (secondary N) is 1. The molecular formula is C24H21N5O. The SMILES string of the molecule is Cc1ccc(CNc2nc(-c3cccnc3)nn2C(=O)/C=C/c2ccccc2)cc1. The van der Waals surface area contributed by atoms with Crippen LogP contribution in [0.2, 0.25) is 0 Å². The number of allylic oxidation sites excluding steroid dienone is 1. The molecule has 0 aliphatic carbocycles. The number of anilines is 1. The molecule has 1 N–H and O–H groups in total. The van der Waals surface area contributed by atoms with Crippen molar-refractivity contribution in [2.75, 3.05) is 5.32 Å². The van der Waals surface area contributed by atoms with Crippen LogP contribution in [0.4, 0.5) is 5.95 Å². The number of benzene rings is 2. The largest absolute Gasteiger partial charge is 0.350 e. The highest BCUT2D eigenvalue weighted by atomic mass is 16.2. The molecule has 0 radical (unpaired) electrons. The fourth-order valence-electron chi connectivity index (χ4n) is 2.89. The number of pyridine rings is 1. The lowest BCUT2D eigenvalue weighted by molar-refractivity contribution is 0.0957. The number of hydrogen-bond donors (Lipinski definition) is 1. The summed E-state index contributed by atoms with van der Waals surface area (Å²) in [5.74, 6) is 0.543. The van der Waals surface area contributed by atoms with E-state index in [2.05, 4.69) is 32.5 Å². The normalized spacial score (nSPS) is 11.0. The molecule has 2 aromatic carbocycles. The molecule has 0 fully saturated rings. The second-order valence-corrected chi connectivity index (χ2v) is 6.83. The standard InChI is InChI=1S/C24H21N5O/c1-18-9-11-20(12-10-18)16-26-24-27-23(21-8-5-15-25-17-21)28-29(24)22(30)14-13-19-6-3-2-4-7-19/h2-15,17H,16H2,1H3,(H,26,27,28)/b14-13+. The van der Waals surface area contributed by atoms with Gasteiger partial charge in [-0.05, 0) is 36.3 Å². The first kappa shape index (κ1) is 19.3. The maximum absolute atomic E-state index is 12.9. The third-order valence-electron chi connectivity index (χ3n) is 4.52. The Hall–Kier alpha value is -4.06. The topological polar surface area (TPSA) is 72.7 Å². The van der Waals surface area contributed by atoms with E-state index in [0.717, 1.165) is 16.7 Å². The Morgan fingerprint density at radius 2 is 1.83 bits per heavy atom. The fourth-order valence-corrected chi connectivity index (χ4v) is 2.89. The molecule has 148 valence electrons. The lowest BCUT2D eigenvalue weighted by Gasteiger charge is -2.06. The zero-order valence-electron chi connectivity index (χ0n) is 16.6. The van der Waals surface area contributed by atoms with Gasteiger partial charge in [0.1, 0.15) is 0 Å². The van der Waals surface area contributed by atoms with Crippen LogP contribution in [-0.2, 0) is 6.54 Å². The van der Waals surface area contributed by atoms with E-state index < -0.39 is 0 Å². The Kier molecular flexibility index (Phi) is 5.75. The zero-order chi connectivity index (χ0) is 20.8. The van der Waals surface area contributed by atoms with E-state index in [4.69, 9.17) is 0 Å². The van der Waals surface area contributed by atoms with E-state index in [1.54, 1.807) is 18.5 Å². The number of carbonyl (C=O) groups is 1. The summed E-state index contributed by atoms with van der Waals surface area (Å²) < 4.78 is 1.29. The third-order valence-corrected chi connectivity index (χ3v) is 4.52. The van der Waals surface area contributed by atoms with Gasteiger partial charge in [-0.25, -0.2) is 0 Å². The summed E-state index contributed by atoms with van der Waals surface area (Å²) in [6, 6.07) is 21.5. The van der Waals surface area contributed by atoms with Crippen LogP contribution in [-0.4, -0.2) is 25.7 Å². The van der Waals surface area contributed by atoms with Gasteiger partial charge in [-0.2, -0.15) is 9.67 Å². The van der Waals surface area contributed by atoms with E-state index in [1.807, 2.05) is 61.5 Å². The Morgan fingerprint density at radius 1 is 1.03 bits per heavy atom. The highest BCUT2D eigenvalue weighted by molar-refractivity contribution is 5.94.